The number of ether oxygens (including phenoxy) is 1. The van der Waals surface area contributed by atoms with Gasteiger partial charge < -0.3 is 13.6 Å². The van der Waals surface area contributed by atoms with Crippen molar-refractivity contribution < 1.29 is 13.6 Å². The minimum Gasteiger partial charge on any atom is -0.422 e. The first-order chi connectivity index (χ1) is 8.41. The van der Waals surface area contributed by atoms with Crippen molar-refractivity contribution in [1.82, 2.24) is 0 Å². The van der Waals surface area contributed by atoms with Gasteiger partial charge in [0.1, 0.15) is 0 Å². The molecule has 0 unspecified atom stereocenters. The van der Waals surface area contributed by atoms with E-state index in [2.05, 4.69) is 13.8 Å². The highest BCUT2D eigenvalue weighted by molar-refractivity contribution is 6.27. The van der Waals surface area contributed by atoms with Crippen LogP contribution in [0.4, 0.5) is 0 Å². The lowest BCUT2D eigenvalue weighted by Crippen LogP contribution is -2.11. The highest BCUT2D eigenvalue weighted by Gasteiger charge is 1.92. The zero-order valence-corrected chi connectivity index (χ0v) is 14.5. The van der Waals surface area contributed by atoms with Gasteiger partial charge in [-0.05, 0) is 12.1 Å². The first-order valence-corrected chi connectivity index (χ1v) is 10.3. The van der Waals surface area contributed by atoms with Crippen molar-refractivity contribution in [2.24, 2.45) is 0 Å². The van der Waals surface area contributed by atoms with Crippen molar-refractivity contribution >= 4 is 19.5 Å². The van der Waals surface area contributed by atoms with E-state index in [0.717, 1.165) is 26.4 Å². The molecule has 0 saturated carbocycles. The summed E-state index contributed by atoms with van der Waals surface area (Å²) in [6.45, 7) is 7.48. The fourth-order valence-corrected chi connectivity index (χ4v) is 3.91. The number of hydrogen-bond acceptors (Lipinski definition) is 3. The van der Waals surface area contributed by atoms with Crippen molar-refractivity contribution in [3.05, 3.63) is 0 Å². The van der Waals surface area contributed by atoms with Gasteiger partial charge in [-0.3, -0.25) is 0 Å². The zero-order valence-electron chi connectivity index (χ0n) is 11.7. The molecule has 0 aromatic carbocycles. The van der Waals surface area contributed by atoms with E-state index in [1.165, 1.54) is 37.8 Å². The molecule has 0 atom stereocenters. The molecule has 0 fully saturated rings. The normalized spacial score (nSPS) is 12.4. The molecule has 0 aliphatic carbocycles. The molecule has 0 rings (SSSR count). The second-order valence-corrected chi connectivity index (χ2v) is 7.30. The summed E-state index contributed by atoms with van der Waals surface area (Å²) in [4.78, 5) is 0. The predicted molar refractivity (Wildman–Crippen MR) is 79.2 cm³/mol. The Bertz CT molecular complexity index is 123. The van der Waals surface area contributed by atoms with Crippen LogP contribution in [-0.4, -0.2) is 46.0 Å². The first-order valence-electron chi connectivity index (χ1n) is 7.15. The first kappa shape index (κ1) is 17.3. The largest absolute Gasteiger partial charge is 0.422 e. The quantitative estimate of drug-likeness (QED) is 0.357. The summed E-state index contributed by atoms with van der Waals surface area (Å²) in [5.41, 5.74) is 0. The van der Waals surface area contributed by atoms with Crippen LogP contribution in [-0.2, 0) is 13.6 Å². The molecule has 3 nitrogen and oxygen atoms in total. The molecule has 0 amide bonds. The van der Waals surface area contributed by atoms with Gasteiger partial charge in [0.25, 0.3) is 0 Å². The molecular formula is C12H30O3Si2. The van der Waals surface area contributed by atoms with Gasteiger partial charge >= 0.3 is 0 Å². The molecule has 0 aromatic rings. The van der Waals surface area contributed by atoms with Crippen LogP contribution < -0.4 is 0 Å². The molecule has 0 bridgehead atoms. The molecule has 0 aromatic heterocycles. The lowest BCUT2D eigenvalue weighted by atomic mass is 10.4. The standard InChI is InChI=1S/C12H30O3Si2/c1-3-5-11-16-14-9-7-13-8-10-15-17-12-6-4-2/h3-12,16-17H2,1-2H3. The highest BCUT2D eigenvalue weighted by Crippen LogP contribution is 1.94. The second-order valence-electron chi connectivity index (χ2n) is 4.25. The zero-order chi connectivity index (χ0) is 12.6. The Hall–Kier alpha value is 0.314. The van der Waals surface area contributed by atoms with Gasteiger partial charge in [-0.2, -0.15) is 0 Å². The Labute approximate surface area is 111 Å². The maximum absolute atomic E-state index is 5.58. The molecule has 104 valence electrons. The Morgan fingerprint density at radius 3 is 1.59 bits per heavy atom. The van der Waals surface area contributed by atoms with E-state index in [-0.39, 0.29) is 19.5 Å². The molecule has 0 N–H and O–H groups in total. The lowest BCUT2D eigenvalue weighted by Gasteiger charge is -2.06. The SMILES string of the molecule is CCCC[SiH2]OCCOCCO[SiH2]CCCC. The summed E-state index contributed by atoms with van der Waals surface area (Å²) in [7, 11) is -0.515. The van der Waals surface area contributed by atoms with Gasteiger partial charge in [-0.15, -0.1) is 0 Å². The summed E-state index contributed by atoms with van der Waals surface area (Å²) in [6, 6.07) is 2.62. The molecule has 0 radical (unpaired) electrons. The van der Waals surface area contributed by atoms with Gasteiger partial charge in [0.05, 0.1) is 26.4 Å². The smallest absolute Gasteiger partial charge is 0.161 e. The number of hydrogen-bond donors (Lipinski definition) is 0. The van der Waals surface area contributed by atoms with Gasteiger partial charge in [0.2, 0.25) is 0 Å². The van der Waals surface area contributed by atoms with Gasteiger partial charge in [-0.1, -0.05) is 39.5 Å². The van der Waals surface area contributed by atoms with Gasteiger partial charge in [0, 0.05) is 0 Å². The van der Waals surface area contributed by atoms with Crippen molar-refractivity contribution in [1.29, 1.82) is 0 Å². The van der Waals surface area contributed by atoms with Crippen molar-refractivity contribution in [2.75, 3.05) is 26.4 Å². The molecule has 0 aliphatic heterocycles. The molecule has 5 heteroatoms. The van der Waals surface area contributed by atoms with E-state index in [1.807, 2.05) is 0 Å². The van der Waals surface area contributed by atoms with Crippen LogP contribution in [0.5, 0.6) is 0 Å². The van der Waals surface area contributed by atoms with Crippen molar-refractivity contribution in [2.45, 2.75) is 51.6 Å². The molecular weight excluding hydrogens is 248 g/mol. The van der Waals surface area contributed by atoms with Crippen molar-refractivity contribution in [3.63, 3.8) is 0 Å². The third-order valence-corrected chi connectivity index (χ3v) is 5.26. The maximum atomic E-state index is 5.58. The lowest BCUT2D eigenvalue weighted by molar-refractivity contribution is 0.0782. The average Bonchev–Trinajstić information content (AvgIpc) is 2.35. The minimum atomic E-state index is -0.258. The van der Waals surface area contributed by atoms with Gasteiger partial charge in [0.15, 0.2) is 19.5 Å². The Balaban J connectivity index is 2.85. The van der Waals surface area contributed by atoms with E-state index in [4.69, 9.17) is 13.6 Å². The molecule has 0 aliphatic rings. The van der Waals surface area contributed by atoms with Crippen LogP contribution in [0.15, 0.2) is 0 Å². The highest BCUT2D eigenvalue weighted by atomic mass is 28.2. The van der Waals surface area contributed by atoms with Crippen molar-refractivity contribution in [3.8, 4) is 0 Å². The summed E-state index contributed by atoms with van der Waals surface area (Å²) in [5, 5.41) is 0. The Morgan fingerprint density at radius 1 is 0.706 bits per heavy atom. The third-order valence-electron chi connectivity index (χ3n) is 2.53. The van der Waals surface area contributed by atoms with E-state index in [0.29, 0.717) is 0 Å². The van der Waals surface area contributed by atoms with Crippen LogP contribution in [0, 0.1) is 0 Å². The summed E-state index contributed by atoms with van der Waals surface area (Å²) >= 11 is 0. The maximum Gasteiger partial charge on any atom is 0.161 e. The fourth-order valence-electron chi connectivity index (χ4n) is 1.45. The van der Waals surface area contributed by atoms with E-state index in [9.17, 15) is 0 Å². The summed E-state index contributed by atoms with van der Waals surface area (Å²) < 4.78 is 16.6. The van der Waals surface area contributed by atoms with Gasteiger partial charge in [-0.25, -0.2) is 0 Å². The van der Waals surface area contributed by atoms with E-state index < -0.39 is 0 Å². The molecule has 0 spiro atoms. The predicted octanol–water partition coefficient (Wildman–Crippen LogP) is 1.64. The van der Waals surface area contributed by atoms with Crippen LogP contribution in [0.3, 0.4) is 0 Å². The second kappa shape index (κ2) is 16.3. The van der Waals surface area contributed by atoms with E-state index >= 15 is 0 Å². The third kappa shape index (κ3) is 16.3. The Kier molecular flexibility index (Phi) is 16.6. The number of unbranched alkanes of at least 4 members (excludes halogenated alkanes) is 2. The van der Waals surface area contributed by atoms with Crippen LogP contribution >= 0.6 is 0 Å². The van der Waals surface area contributed by atoms with Crippen LogP contribution in [0.1, 0.15) is 39.5 Å². The molecule has 0 saturated heterocycles. The minimum absolute atomic E-state index is 0.258. The molecule has 0 heterocycles. The fraction of sp³-hybridized carbons (Fsp3) is 1.00. The average molecular weight is 279 g/mol. The topological polar surface area (TPSA) is 27.7 Å². The van der Waals surface area contributed by atoms with Crippen LogP contribution in [0.25, 0.3) is 0 Å². The monoisotopic (exact) mass is 278 g/mol. The van der Waals surface area contributed by atoms with E-state index in [1.54, 1.807) is 0 Å². The molecule has 17 heavy (non-hydrogen) atoms. The number of rotatable bonds is 14. The Morgan fingerprint density at radius 2 is 1.18 bits per heavy atom. The summed E-state index contributed by atoms with van der Waals surface area (Å²) in [6.07, 6.45) is 5.21. The summed E-state index contributed by atoms with van der Waals surface area (Å²) in [5.74, 6) is 0. The van der Waals surface area contributed by atoms with Crippen LogP contribution in [0.2, 0.25) is 12.1 Å².